The molecule has 0 aromatic heterocycles. The van der Waals surface area contributed by atoms with Gasteiger partial charge < -0.3 is 10.5 Å². The fourth-order valence-electron chi connectivity index (χ4n) is 2.00. The first-order valence-electron chi connectivity index (χ1n) is 6.97. The van der Waals surface area contributed by atoms with Crippen LogP contribution in [-0.4, -0.2) is 12.6 Å². The number of nitrogens with two attached hydrogens (primary N) is 1. The normalized spacial score (nSPS) is 11.6. The summed E-state index contributed by atoms with van der Waals surface area (Å²) in [5.74, 6) is 5.54. The summed E-state index contributed by atoms with van der Waals surface area (Å²) in [4.78, 5) is 0. The lowest BCUT2D eigenvalue weighted by atomic mass is 10.1. The first-order valence-corrected chi connectivity index (χ1v) is 7.76. The van der Waals surface area contributed by atoms with Crippen molar-refractivity contribution < 1.29 is 9.13 Å². The quantitative estimate of drug-likeness (QED) is 0.824. The van der Waals surface area contributed by atoms with E-state index in [2.05, 4.69) is 27.8 Å². The number of halogens is 2. The zero-order valence-electron chi connectivity index (χ0n) is 12.1. The van der Waals surface area contributed by atoms with Gasteiger partial charge in [0.05, 0.1) is 13.2 Å². The largest absolute Gasteiger partial charge is 0.360 e. The molecule has 2 rings (SSSR count). The highest BCUT2D eigenvalue weighted by molar-refractivity contribution is 9.10. The molecule has 2 nitrogen and oxygen atoms in total. The minimum atomic E-state index is -0.315. The van der Waals surface area contributed by atoms with Crippen LogP contribution in [0.1, 0.15) is 11.1 Å². The molecule has 0 saturated heterocycles. The molecule has 22 heavy (non-hydrogen) atoms. The number of rotatable bonds is 5. The zero-order chi connectivity index (χ0) is 15.8. The molecule has 0 heterocycles. The predicted molar refractivity (Wildman–Crippen MR) is 89.7 cm³/mol. The molecule has 1 atom stereocenters. The Morgan fingerprint density at radius 3 is 2.68 bits per heavy atom. The van der Waals surface area contributed by atoms with E-state index < -0.39 is 0 Å². The molecule has 2 aromatic rings. The summed E-state index contributed by atoms with van der Waals surface area (Å²) in [5, 5.41) is 0. The third-order valence-electron chi connectivity index (χ3n) is 3.08. The van der Waals surface area contributed by atoms with E-state index in [1.54, 1.807) is 12.1 Å². The Hall–Kier alpha value is -1.67. The van der Waals surface area contributed by atoms with Crippen LogP contribution in [0.15, 0.2) is 53.0 Å². The molecule has 0 aliphatic heterocycles. The molecule has 4 heteroatoms. The molecule has 0 spiro atoms. The van der Waals surface area contributed by atoms with Gasteiger partial charge in [0, 0.05) is 16.5 Å². The lowest BCUT2D eigenvalue weighted by Crippen LogP contribution is -2.15. The molecular formula is C18H17BrFNO. The molecule has 0 bridgehead atoms. The van der Waals surface area contributed by atoms with Crippen molar-refractivity contribution in [2.75, 3.05) is 6.54 Å². The number of ether oxygens (including phenoxy) is 1. The van der Waals surface area contributed by atoms with Crippen LogP contribution in [0.5, 0.6) is 0 Å². The van der Waals surface area contributed by atoms with E-state index in [1.165, 1.54) is 6.07 Å². The molecule has 0 amide bonds. The average Bonchev–Trinajstić information content (AvgIpc) is 2.54. The summed E-state index contributed by atoms with van der Waals surface area (Å²) in [6, 6.07) is 14.7. The van der Waals surface area contributed by atoms with E-state index in [1.807, 2.05) is 30.3 Å². The Labute approximate surface area is 138 Å². The van der Waals surface area contributed by atoms with Gasteiger partial charge in [-0.15, -0.1) is 0 Å². The highest BCUT2D eigenvalue weighted by atomic mass is 79.9. The third-order valence-corrected chi connectivity index (χ3v) is 3.57. The van der Waals surface area contributed by atoms with Crippen molar-refractivity contribution in [1.29, 1.82) is 0 Å². The lowest BCUT2D eigenvalue weighted by Gasteiger charge is -2.13. The molecule has 0 aliphatic rings. The summed E-state index contributed by atoms with van der Waals surface area (Å²) >= 11 is 3.33. The van der Waals surface area contributed by atoms with Gasteiger partial charge in [0.2, 0.25) is 0 Å². The van der Waals surface area contributed by atoms with Crippen LogP contribution in [0.2, 0.25) is 0 Å². The molecular weight excluding hydrogens is 345 g/mol. The Bertz CT molecular complexity index is 664. The highest BCUT2D eigenvalue weighted by Gasteiger charge is 2.10. The van der Waals surface area contributed by atoms with Crippen molar-refractivity contribution >= 4 is 15.9 Å². The van der Waals surface area contributed by atoms with Crippen molar-refractivity contribution in [3.8, 4) is 11.8 Å². The van der Waals surface area contributed by atoms with Crippen molar-refractivity contribution in [3.63, 3.8) is 0 Å². The van der Waals surface area contributed by atoms with Crippen molar-refractivity contribution in [2.24, 2.45) is 5.73 Å². The fourth-order valence-corrected chi connectivity index (χ4v) is 2.41. The van der Waals surface area contributed by atoms with Gasteiger partial charge in [0.25, 0.3) is 0 Å². The van der Waals surface area contributed by atoms with Crippen molar-refractivity contribution in [1.82, 2.24) is 0 Å². The second-order valence-electron chi connectivity index (χ2n) is 4.75. The van der Waals surface area contributed by atoms with Gasteiger partial charge >= 0.3 is 0 Å². The first-order chi connectivity index (χ1) is 10.7. The maximum atomic E-state index is 13.7. The maximum absolute atomic E-state index is 13.7. The molecule has 0 fully saturated rings. The van der Waals surface area contributed by atoms with E-state index >= 15 is 0 Å². The van der Waals surface area contributed by atoms with Crippen molar-refractivity contribution in [3.05, 3.63) is 69.9 Å². The minimum Gasteiger partial charge on any atom is -0.360 e. The van der Waals surface area contributed by atoms with E-state index in [0.717, 1.165) is 10.0 Å². The van der Waals surface area contributed by atoms with Crippen LogP contribution in [0, 0.1) is 17.7 Å². The monoisotopic (exact) mass is 361 g/mol. The smallest absolute Gasteiger partial charge is 0.128 e. The standard InChI is InChI=1S/C18H17BrFNO/c19-16-8-9-18(20)15(12-16)13-22-17(7-4-10-21)11-14-5-2-1-3-6-14/h1-3,5-6,8-9,12,17H,10-11,13,21H2. The maximum Gasteiger partial charge on any atom is 0.128 e. The highest BCUT2D eigenvalue weighted by Crippen LogP contribution is 2.17. The second-order valence-corrected chi connectivity index (χ2v) is 5.67. The van der Waals surface area contributed by atoms with Crippen molar-refractivity contribution in [2.45, 2.75) is 19.1 Å². The van der Waals surface area contributed by atoms with Crippen LogP contribution in [0.4, 0.5) is 4.39 Å². The summed E-state index contributed by atoms with van der Waals surface area (Å²) in [6.07, 6.45) is 0.327. The minimum absolute atomic E-state index is 0.169. The van der Waals surface area contributed by atoms with Crippen LogP contribution in [-0.2, 0) is 17.8 Å². The van der Waals surface area contributed by atoms with E-state index in [9.17, 15) is 4.39 Å². The molecule has 2 N–H and O–H groups in total. The topological polar surface area (TPSA) is 35.2 Å². The average molecular weight is 362 g/mol. The van der Waals surface area contributed by atoms with Crippen LogP contribution >= 0.6 is 15.9 Å². The molecule has 2 aromatic carbocycles. The molecule has 114 valence electrons. The number of hydrogen-bond donors (Lipinski definition) is 1. The SMILES string of the molecule is NCC#CC(Cc1ccccc1)OCc1cc(Br)ccc1F. The Morgan fingerprint density at radius 1 is 1.18 bits per heavy atom. The van der Waals surface area contributed by atoms with Crippen LogP contribution < -0.4 is 5.73 Å². The molecule has 0 radical (unpaired) electrons. The summed E-state index contributed by atoms with van der Waals surface area (Å²) < 4.78 is 20.3. The summed E-state index contributed by atoms with van der Waals surface area (Å²) in [5.41, 5.74) is 7.05. The van der Waals surface area contributed by atoms with Crippen LogP contribution in [0.3, 0.4) is 0 Å². The number of benzene rings is 2. The van der Waals surface area contributed by atoms with Gasteiger partial charge in [-0.1, -0.05) is 58.1 Å². The Kier molecular flexibility index (Phi) is 6.60. The zero-order valence-corrected chi connectivity index (χ0v) is 13.6. The molecule has 1 unspecified atom stereocenters. The molecule has 0 saturated carbocycles. The van der Waals surface area contributed by atoms with Gasteiger partial charge in [-0.2, -0.15) is 0 Å². The second kappa shape index (κ2) is 8.70. The third kappa shape index (κ3) is 5.27. The Morgan fingerprint density at radius 2 is 1.95 bits per heavy atom. The number of hydrogen-bond acceptors (Lipinski definition) is 2. The first kappa shape index (κ1) is 16.7. The summed E-state index contributed by atoms with van der Waals surface area (Å²) in [6.45, 7) is 0.446. The molecule has 0 aliphatic carbocycles. The van der Waals surface area contributed by atoms with Gasteiger partial charge in [-0.25, -0.2) is 4.39 Å². The van der Waals surface area contributed by atoms with Gasteiger partial charge in [0.15, 0.2) is 0 Å². The van der Waals surface area contributed by atoms with Gasteiger partial charge in [-0.05, 0) is 23.8 Å². The van der Waals surface area contributed by atoms with E-state index in [0.29, 0.717) is 12.0 Å². The van der Waals surface area contributed by atoms with E-state index in [4.69, 9.17) is 10.5 Å². The summed E-state index contributed by atoms with van der Waals surface area (Å²) in [7, 11) is 0. The van der Waals surface area contributed by atoms with Gasteiger partial charge in [-0.3, -0.25) is 0 Å². The fraction of sp³-hybridized carbons (Fsp3) is 0.222. The lowest BCUT2D eigenvalue weighted by molar-refractivity contribution is 0.0765. The van der Waals surface area contributed by atoms with E-state index in [-0.39, 0.29) is 25.1 Å². The Balaban J connectivity index is 2.05. The van der Waals surface area contributed by atoms with Gasteiger partial charge in [0.1, 0.15) is 11.9 Å². The predicted octanol–water partition coefficient (Wildman–Crippen LogP) is 3.68. The van der Waals surface area contributed by atoms with Crippen LogP contribution in [0.25, 0.3) is 0 Å².